The molecule has 0 spiro atoms. The van der Waals surface area contributed by atoms with E-state index < -0.39 is 0 Å². The standard InChI is InChI=1S/C14H15BrN2O/c1-9-3-5-12(15)7-13(9)18-14-6-4-11(8-17-14)10(2)16/h3-8,10H,16H2,1-2H3/t10-/m1/s1. The van der Waals surface area contributed by atoms with Crippen LogP contribution in [0.2, 0.25) is 0 Å². The van der Waals surface area contributed by atoms with Crippen LogP contribution in [0.1, 0.15) is 24.1 Å². The van der Waals surface area contributed by atoms with Crippen molar-refractivity contribution in [2.45, 2.75) is 19.9 Å². The van der Waals surface area contributed by atoms with E-state index in [1.54, 1.807) is 6.20 Å². The Balaban J connectivity index is 2.21. The molecule has 2 aromatic rings. The van der Waals surface area contributed by atoms with Crippen LogP contribution in [0.5, 0.6) is 11.6 Å². The average Bonchev–Trinajstić information content (AvgIpc) is 2.34. The van der Waals surface area contributed by atoms with Gasteiger partial charge in [0.05, 0.1) is 0 Å². The lowest BCUT2D eigenvalue weighted by Gasteiger charge is -2.09. The maximum atomic E-state index is 5.77. The lowest BCUT2D eigenvalue weighted by molar-refractivity contribution is 0.458. The lowest BCUT2D eigenvalue weighted by Crippen LogP contribution is -2.05. The molecule has 0 fully saturated rings. The monoisotopic (exact) mass is 306 g/mol. The first-order chi connectivity index (χ1) is 8.56. The number of rotatable bonds is 3. The number of benzene rings is 1. The minimum Gasteiger partial charge on any atom is -0.439 e. The van der Waals surface area contributed by atoms with Gasteiger partial charge in [-0.1, -0.05) is 28.1 Å². The van der Waals surface area contributed by atoms with E-state index in [4.69, 9.17) is 10.5 Å². The molecule has 18 heavy (non-hydrogen) atoms. The summed E-state index contributed by atoms with van der Waals surface area (Å²) in [6, 6.07) is 9.65. The van der Waals surface area contributed by atoms with Crippen LogP contribution >= 0.6 is 15.9 Å². The van der Waals surface area contributed by atoms with Crippen LogP contribution in [-0.4, -0.2) is 4.98 Å². The Morgan fingerprint density at radius 2 is 2.06 bits per heavy atom. The van der Waals surface area contributed by atoms with Gasteiger partial charge in [0.2, 0.25) is 5.88 Å². The summed E-state index contributed by atoms with van der Waals surface area (Å²) in [4.78, 5) is 4.25. The molecule has 94 valence electrons. The predicted octanol–water partition coefficient (Wildman–Crippen LogP) is 3.96. The fourth-order valence-electron chi connectivity index (χ4n) is 1.52. The summed E-state index contributed by atoms with van der Waals surface area (Å²) in [6.45, 7) is 3.92. The number of nitrogens with zero attached hydrogens (tertiary/aromatic N) is 1. The summed E-state index contributed by atoms with van der Waals surface area (Å²) in [5, 5.41) is 0. The first-order valence-corrected chi connectivity index (χ1v) is 6.51. The molecule has 0 amide bonds. The van der Waals surface area contributed by atoms with Crippen molar-refractivity contribution >= 4 is 15.9 Å². The second kappa shape index (κ2) is 5.50. The van der Waals surface area contributed by atoms with E-state index in [2.05, 4.69) is 20.9 Å². The quantitative estimate of drug-likeness (QED) is 0.933. The zero-order valence-corrected chi connectivity index (χ0v) is 11.9. The predicted molar refractivity (Wildman–Crippen MR) is 75.8 cm³/mol. The van der Waals surface area contributed by atoms with Gasteiger partial charge in [-0.25, -0.2) is 4.98 Å². The van der Waals surface area contributed by atoms with Crippen molar-refractivity contribution in [2.75, 3.05) is 0 Å². The lowest BCUT2D eigenvalue weighted by atomic mass is 10.2. The minimum atomic E-state index is -0.0147. The third-order valence-corrected chi connectivity index (χ3v) is 3.14. The van der Waals surface area contributed by atoms with Crippen molar-refractivity contribution in [1.82, 2.24) is 4.98 Å². The first-order valence-electron chi connectivity index (χ1n) is 5.72. The molecule has 2 N–H and O–H groups in total. The molecule has 0 bridgehead atoms. The van der Waals surface area contributed by atoms with E-state index in [0.29, 0.717) is 5.88 Å². The minimum absolute atomic E-state index is 0.0147. The average molecular weight is 307 g/mol. The molecule has 1 aromatic heterocycles. The van der Waals surface area contributed by atoms with Crippen molar-refractivity contribution in [3.63, 3.8) is 0 Å². The van der Waals surface area contributed by atoms with Gasteiger partial charge in [0.1, 0.15) is 5.75 Å². The number of ether oxygens (including phenoxy) is 1. The molecule has 1 aromatic carbocycles. The van der Waals surface area contributed by atoms with Crippen LogP contribution in [-0.2, 0) is 0 Å². The summed E-state index contributed by atoms with van der Waals surface area (Å²) in [7, 11) is 0. The molecule has 4 heteroatoms. The second-order valence-corrected chi connectivity index (χ2v) is 5.15. The number of aromatic nitrogens is 1. The molecular weight excluding hydrogens is 292 g/mol. The molecule has 3 nitrogen and oxygen atoms in total. The highest BCUT2D eigenvalue weighted by Gasteiger charge is 2.05. The van der Waals surface area contributed by atoms with Crippen molar-refractivity contribution in [3.8, 4) is 11.6 Å². The van der Waals surface area contributed by atoms with Crippen LogP contribution in [0.15, 0.2) is 41.0 Å². The number of halogens is 1. The Morgan fingerprint density at radius 3 is 2.67 bits per heavy atom. The van der Waals surface area contributed by atoms with E-state index in [1.165, 1.54) is 0 Å². The molecule has 0 saturated heterocycles. The molecule has 0 aliphatic rings. The molecular formula is C14H15BrN2O. The molecule has 2 rings (SSSR count). The Labute approximate surface area is 115 Å². The van der Waals surface area contributed by atoms with Gasteiger partial charge in [0, 0.05) is 22.8 Å². The van der Waals surface area contributed by atoms with E-state index in [1.807, 2.05) is 44.2 Å². The van der Waals surface area contributed by atoms with Gasteiger partial charge < -0.3 is 10.5 Å². The zero-order valence-electron chi connectivity index (χ0n) is 10.4. The van der Waals surface area contributed by atoms with Crippen molar-refractivity contribution < 1.29 is 4.74 Å². The Hall–Kier alpha value is -1.39. The van der Waals surface area contributed by atoms with Gasteiger partial charge in [0.25, 0.3) is 0 Å². The number of nitrogens with two attached hydrogens (primary N) is 1. The fraction of sp³-hybridized carbons (Fsp3) is 0.214. The third-order valence-electron chi connectivity index (χ3n) is 2.65. The van der Waals surface area contributed by atoms with Crippen LogP contribution in [0.3, 0.4) is 0 Å². The SMILES string of the molecule is Cc1ccc(Br)cc1Oc1ccc([C@@H](C)N)cn1. The van der Waals surface area contributed by atoms with Gasteiger partial charge in [-0.2, -0.15) is 0 Å². The van der Waals surface area contributed by atoms with Gasteiger partial charge >= 0.3 is 0 Å². The molecule has 0 aliphatic carbocycles. The largest absolute Gasteiger partial charge is 0.439 e. The maximum absolute atomic E-state index is 5.77. The third kappa shape index (κ3) is 3.09. The summed E-state index contributed by atoms with van der Waals surface area (Å²) in [5.74, 6) is 1.37. The van der Waals surface area contributed by atoms with Gasteiger partial charge in [-0.3, -0.25) is 0 Å². The molecule has 0 radical (unpaired) electrons. The molecule has 1 atom stereocenters. The zero-order chi connectivity index (χ0) is 13.1. The van der Waals surface area contributed by atoms with E-state index in [0.717, 1.165) is 21.3 Å². The number of hydrogen-bond acceptors (Lipinski definition) is 3. The Kier molecular flexibility index (Phi) is 3.99. The van der Waals surface area contributed by atoms with Gasteiger partial charge in [0.15, 0.2) is 0 Å². The van der Waals surface area contributed by atoms with Crippen LogP contribution in [0.25, 0.3) is 0 Å². The highest BCUT2D eigenvalue weighted by molar-refractivity contribution is 9.10. The van der Waals surface area contributed by atoms with Gasteiger partial charge in [-0.05, 0) is 37.1 Å². The molecule has 1 heterocycles. The Morgan fingerprint density at radius 1 is 1.28 bits per heavy atom. The molecule has 0 saturated carbocycles. The van der Waals surface area contributed by atoms with E-state index >= 15 is 0 Å². The van der Waals surface area contributed by atoms with E-state index in [9.17, 15) is 0 Å². The summed E-state index contributed by atoms with van der Waals surface area (Å²) in [5.41, 5.74) is 7.83. The number of pyridine rings is 1. The van der Waals surface area contributed by atoms with Crippen LogP contribution < -0.4 is 10.5 Å². The van der Waals surface area contributed by atoms with Crippen LogP contribution in [0, 0.1) is 6.92 Å². The first kappa shape index (κ1) is 13.1. The van der Waals surface area contributed by atoms with Gasteiger partial charge in [-0.15, -0.1) is 0 Å². The molecule has 0 aliphatic heterocycles. The maximum Gasteiger partial charge on any atom is 0.219 e. The number of aryl methyl sites for hydroxylation is 1. The highest BCUT2D eigenvalue weighted by atomic mass is 79.9. The topological polar surface area (TPSA) is 48.1 Å². The summed E-state index contributed by atoms with van der Waals surface area (Å²) < 4.78 is 6.72. The van der Waals surface area contributed by atoms with Crippen molar-refractivity contribution in [1.29, 1.82) is 0 Å². The second-order valence-electron chi connectivity index (χ2n) is 4.23. The normalized spacial score (nSPS) is 12.2. The molecule has 0 unspecified atom stereocenters. The fourth-order valence-corrected chi connectivity index (χ4v) is 1.86. The highest BCUT2D eigenvalue weighted by Crippen LogP contribution is 2.27. The summed E-state index contributed by atoms with van der Waals surface area (Å²) in [6.07, 6.45) is 1.74. The van der Waals surface area contributed by atoms with Crippen molar-refractivity contribution in [3.05, 3.63) is 52.1 Å². The van der Waals surface area contributed by atoms with E-state index in [-0.39, 0.29) is 6.04 Å². The van der Waals surface area contributed by atoms with Crippen molar-refractivity contribution in [2.24, 2.45) is 5.73 Å². The summed E-state index contributed by atoms with van der Waals surface area (Å²) >= 11 is 3.42. The number of hydrogen-bond donors (Lipinski definition) is 1. The van der Waals surface area contributed by atoms with Crippen LogP contribution in [0.4, 0.5) is 0 Å². The smallest absolute Gasteiger partial charge is 0.219 e. The Bertz CT molecular complexity index is 538.